The van der Waals surface area contributed by atoms with Crippen molar-refractivity contribution in [3.63, 3.8) is 0 Å². The summed E-state index contributed by atoms with van der Waals surface area (Å²) < 4.78 is 2.07. The molecule has 0 amide bonds. The largest absolute Gasteiger partial charge is 0.323 e. The molecule has 14 heavy (non-hydrogen) atoms. The maximum Gasteiger partial charge on any atom is 0.0659 e. The molecule has 1 fully saturated rings. The molecule has 1 saturated carbocycles. The SMILES string of the molecule is CC(C)n1nc(C2CC2)cc1[C@@H](C)N. The highest BCUT2D eigenvalue weighted by Crippen LogP contribution is 2.40. The third-order valence-electron chi connectivity index (χ3n) is 2.73. The van der Waals surface area contributed by atoms with Gasteiger partial charge in [0.1, 0.15) is 0 Å². The molecule has 0 unspecified atom stereocenters. The minimum atomic E-state index is 0.0809. The van der Waals surface area contributed by atoms with Crippen molar-refractivity contribution in [1.82, 2.24) is 9.78 Å². The summed E-state index contributed by atoms with van der Waals surface area (Å²) in [5, 5.41) is 4.63. The average molecular weight is 193 g/mol. The summed E-state index contributed by atoms with van der Waals surface area (Å²) in [4.78, 5) is 0. The van der Waals surface area contributed by atoms with Crippen molar-refractivity contribution in [1.29, 1.82) is 0 Å². The third kappa shape index (κ3) is 1.69. The van der Waals surface area contributed by atoms with Crippen LogP contribution in [-0.4, -0.2) is 9.78 Å². The number of nitrogens with two attached hydrogens (primary N) is 1. The zero-order chi connectivity index (χ0) is 10.3. The van der Waals surface area contributed by atoms with E-state index in [1.54, 1.807) is 0 Å². The second-order valence-corrected chi connectivity index (χ2v) is 4.60. The van der Waals surface area contributed by atoms with Crippen molar-refractivity contribution in [2.45, 2.75) is 51.6 Å². The molecule has 0 aromatic carbocycles. The normalized spacial score (nSPS) is 18.9. The Kier molecular flexibility index (Phi) is 2.35. The Labute approximate surface area is 85.3 Å². The zero-order valence-electron chi connectivity index (χ0n) is 9.20. The van der Waals surface area contributed by atoms with E-state index in [0.29, 0.717) is 12.0 Å². The molecule has 78 valence electrons. The van der Waals surface area contributed by atoms with Gasteiger partial charge in [-0.3, -0.25) is 4.68 Å². The molecule has 0 aliphatic heterocycles. The highest BCUT2D eigenvalue weighted by atomic mass is 15.3. The van der Waals surface area contributed by atoms with Gasteiger partial charge in [-0.2, -0.15) is 5.10 Å². The van der Waals surface area contributed by atoms with Gasteiger partial charge in [-0.05, 0) is 39.7 Å². The van der Waals surface area contributed by atoms with Crippen LogP contribution in [0.25, 0.3) is 0 Å². The van der Waals surface area contributed by atoms with Crippen LogP contribution in [0.15, 0.2) is 6.07 Å². The quantitative estimate of drug-likeness (QED) is 0.800. The minimum Gasteiger partial charge on any atom is -0.323 e. The summed E-state index contributed by atoms with van der Waals surface area (Å²) in [5.74, 6) is 0.715. The van der Waals surface area contributed by atoms with Crippen LogP contribution in [0.1, 0.15) is 63.0 Å². The summed E-state index contributed by atoms with van der Waals surface area (Å²) in [6.07, 6.45) is 2.60. The fourth-order valence-corrected chi connectivity index (χ4v) is 1.76. The number of hydrogen-bond donors (Lipinski definition) is 1. The summed E-state index contributed by atoms with van der Waals surface area (Å²) >= 11 is 0. The van der Waals surface area contributed by atoms with Gasteiger partial charge in [-0.1, -0.05) is 0 Å². The zero-order valence-corrected chi connectivity index (χ0v) is 9.20. The molecule has 0 saturated heterocycles. The van der Waals surface area contributed by atoms with E-state index in [9.17, 15) is 0 Å². The molecule has 1 aromatic heterocycles. The second-order valence-electron chi connectivity index (χ2n) is 4.60. The molecule has 1 aliphatic rings. The Hall–Kier alpha value is -0.830. The van der Waals surface area contributed by atoms with Crippen molar-refractivity contribution in [3.8, 4) is 0 Å². The van der Waals surface area contributed by atoms with E-state index in [1.165, 1.54) is 24.2 Å². The van der Waals surface area contributed by atoms with Crippen molar-refractivity contribution in [2.24, 2.45) is 5.73 Å². The predicted octanol–water partition coefficient (Wildman–Crippen LogP) is 2.36. The maximum absolute atomic E-state index is 5.93. The fraction of sp³-hybridized carbons (Fsp3) is 0.727. The van der Waals surface area contributed by atoms with Gasteiger partial charge in [-0.15, -0.1) is 0 Å². The molecule has 1 aliphatic carbocycles. The van der Waals surface area contributed by atoms with Crippen LogP contribution in [0.2, 0.25) is 0 Å². The lowest BCUT2D eigenvalue weighted by atomic mass is 10.2. The number of nitrogens with zero attached hydrogens (tertiary/aromatic N) is 2. The predicted molar refractivity (Wildman–Crippen MR) is 57.2 cm³/mol. The summed E-state index contributed by atoms with van der Waals surface area (Å²) in [6.45, 7) is 6.32. The topological polar surface area (TPSA) is 43.8 Å². The molecule has 1 atom stereocenters. The molecule has 3 nitrogen and oxygen atoms in total. The van der Waals surface area contributed by atoms with Gasteiger partial charge in [0, 0.05) is 18.0 Å². The van der Waals surface area contributed by atoms with Gasteiger partial charge in [0.25, 0.3) is 0 Å². The van der Waals surface area contributed by atoms with E-state index in [-0.39, 0.29) is 6.04 Å². The first-order chi connectivity index (χ1) is 6.59. The monoisotopic (exact) mass is 193 g/mol. The van der Waals surface area contributed by atoms with Crippen molar-refractivity contribution in [2.75, 3.05) is 0 Å². The average Bonchev–Trinajstić information content (AvgIpc) is 2.83. The first-order valence-corrected chi connectivity index (χ1v) is 5.44. The molecular formula is C11H19N3. The fourth-order valence-electron chi connectivity index (χ4n) is 1.76. The Balaban J connectivity index is 2.34. The molecule has 3 heteroatoms. The van der Waals surface area contributed by atoms with Crippen LogP contribution in [0, 0.1) is 0 Å². The van der Waals surface area contributed by atoms with Crippen LogP contribution in [-0.2, 0) is 0 Å². The number of hydrogen-bond acceptors (Lipinski definition) is 2. The van der Waals surface area contributed by atoms with Gasteiger partial charge >= 0.3 is 0 Å². The Morgan fingerprint density at radius 2 is 2.07 bits per heavy atom. The second kappa shape index (κ2) is 3.39. The van der Waals surface area contributed by atoms with Crippen molar-refractivity contribution in [3.05, 3.63) is 17.5 Å². The molecule has 2 rings (SSSR count). The van der Waals surface area contributed by atoms with Crippen LogP contribution in [0.4, 0.5) is 0 Å². The molecule has 2 N–H and O–H groups in total. The minimum absolute atomic E-state index is 0.0809. The van der Waals surface area contributed by atoms with Gasteiger partial charge < -0.3 is 5.73 Å². The van der Waals surface area contributed by atoms with E-state index in [1.807, 2.05) is 6.92 Å². The molecule has 1 aromatic rings. The van der Waals surface area contributed by atoms with Crippen LogP contribution in [0.5, 0.6) is 0 Å². The van der Waals surface area contributed by atoms with Crippen LogP contribution >= 0.6 is 0 Å². The van der Waals surface area contributed by atoms with E-state index in [2.05, 4.69) is 29.7 Å². The molecule has 1 heterocycles. The highest BCUT2D eigenvalue weighted by molar-refractivity contribution is 5.20. The number of rotatable bonds is 3. The lowest BCUT2D eigenvalue weighted by molar-refractivity contribution is 0.490. The van der Waals surface area contributed by atoms with E-state index >= 15 is 0 Å². The van der Waals surface area contributed by atoms with Gasteiger partial charge in [0.2, 0.25) is 0 Å². The van der Waals surface area contributed by atoms with Gasteiger partial charge in [-0.25, -0.2) is 0 Å². The Morgan fingerprint density at radius 3 is 2.43 bits per heavy atom. The van der Waals surface area contributed by atoms with E-state index < -0.39 is 0 Å². The lowest BCUT2D eigenvalue weighted by Crippen LogP contribution is -2.14. The summed E-state index contributed by atoms with van der Waals surface area (Å²) in [6, 6.07) is 2.67. The highest BCUT2D eigenvalue weighted by Gasteiger charge is 2.28. The first kappa shape index (κ1) is 9.71. The Morgan fingerprint density at radius 1 is 1.43 bits per heavy atom. The maximum atomic E-state index is 5.93. The molecular weight excluding hydrogens is 174 g/mol. The van der Waals surface area contributed by atoms with Gasteiger partial charge in [0.05, 0.1) is 11.4 Å². The van der Waals surface area contributed by atoms with E-state index in [4.69, 9.17) is 5.73 Å². The van der Waals surface area contributed by atoms with Gasteiger partial charge in [0.15, 0.2) is 0 Å². The standard InChI is InChI=1S/C11H19N3/c1-7(2)14-11(8(3)12)6-10(13-14)9-4-5-9/h6-9H,4-5,12H2,1-3H3/t8-/m1/s1. The van der Waals surface area contributed by atoms with E-state index in [0.717, 1.165) is 0 Å². The lowest BCUT2D eigenvalue weighted by Gasteiger charge is -2.12. The van der Waals surface area contributed by atoms with Crippen molar-refractivity contribution < 1.29 is 0 Å². The molecule has 0 bridgehead atoms. The van der Waals surface area contributed by atoms with Crippen LogP contribution in [0.3, 0.4) is 0 Å². The molecule has 0 spiro atoms. The molecule has 0 radical (unpaired) electrons. The number of aromatic nitrogens is 2. The third-order valence-corrected chi connectivity index (χ3v) is 2.73. The summed E-state index contributed by atoms with van der Waals surface area (Å²) in [7, 11) is 0. The smallest absolute Gasteiger partial charge is 0.0659 e. The van der Waals surface area contributed by atoms with Crippen molar-refractivity contribution >= 4 is 0 Å². The Bertz CT molecular complexity index is 296. The summed E-state index contributed by atoms with van der Waals surface area (Å²) in [5.41, 5.74) is 8.34. The first-order valence-electron chi connectivity index (χ1n) is 5.44. The van der Waals surface area contributed by atoms with Crippen LogP contribution < -0.4 is 5.73 Å².